The number of carbonyl (C=O) groups excluding carboxylic acids is 1. The highest BCUT2D eigenvalue weighted by atomic mass is 79.9. The molecular weight excluding hydrogens is 382 g/mol. The number of thiophene rings is 1. The number of rotatable bonds is 3. The first kappa shape index (κ1) is 16.2. The Morgan fingerprint density at radius 3 is 2.61 bits per heavy atom. The number of carboxylic acid groups (broad SMARTS) is 1. The van der Waals surface area contributed by atoms with E-state index in [1.54, 1.807) is 11.6 Å². The van der Waals surface area contributed by atoms with E-state index < -0.39 is 5.97 Å². The summed E-state index contributed by atoms with van der Waals surface area (Å²) in [6, 6.07) is 1.98. The van der Waals surface area contributed by atoms with Crippen LogP contribution < -0.4 is 0 Å². The lowest BCUT2D eigenvalue weighted by molar-refractivity contribution is 0.0691. The van der Waals surface area contributed by atoms with E-state index in [1.165, 1.54) is 17.5 Å². The summed E-state index contributed by atoms with van der Waals surface area (Å²) in [4.78, 5) is 26.1. The number of halogens is 1. The zero-order valence-electron chi connectivity index (χ0n) is 12.5. The van der Waals surface area contributed by atoms with Crippen LogP contribution in [0.2, 0.25) is 0 Å². The second kappa shape index (κ2) is 6.45. The van der Waals surface area contributed by atoms with E-state index in [0.29, 0.717) is 18.8 Å². The molecule has 2 aromatic rings. The number of aromatic carboxylic acids is 1. The van der Waals surface area contributed by atoms with E-state index >= 15 is 0 Å². The van der Waals surface area contributed by atoms with Crippen molar-refractivity contribution < 1.29 is 14.7 Å². The summed E-state index contributed by atoms with van der Waals surface area (Å²) in [5, 5.41) is 15.2. The summed E-state index contributed by atoms with van der Waals surface area (Å²) < 4.78 is 2.71. The molecule has 0 unspecified atom stereocenters. The van der Waals surface area contributed by atoms with Gasteiger partial charge >= 0.3 is 5.97 Å². The van der Waals surface area contributed by atoms with Crippen LogP contribution in [0.4, 0.5) is 0 Å². The highest BCUT2D eigenvalue weighted by Crippen LogP contribution is 2.27. The van der Waals surface area contributed by atoms with Gasteiger partial charge in [0.1, 0.15) is 5.56 Å². The van der Waals surface area contributed by atoms with Crippen LogP contribution >= 0.6 is 27.3 Å². The molecule has 3 heterocycles. The predicted molar refractivity (Wildman–Crippen MR) is 90.1 cm³/mol. The fourth-order valence-electron chi connectivity index (χ4n) is 2.90. The first-order chi connectivity index (χ1) is 11.0. The van der Waals surface area contributed by atoms with Crippen molar-refractivity contribution >= 4 is 39.1 Å². The molecule has 0 atom stereocenters. The van der Waals surface area contributed by atoms with E-state index in [0.717, 1.165) is 22.2 Å². The molecular formula is C15H16BrN3O3S. The average molecular weight is 398 g/mol. The first-order valence-electron chi connectivity index (χ1n) is 7.28. The van der Waals surface area contributed by atoms with Crippen LogP contribution in [0, 0.1) is 6.92 Å². The fraction of sp³-hybridized carbons (Fsp3) is 0.400. The number of likely N-dealkylation sites (tertiary alicyclic amines) is 1. The Bertz CT molecular complexity index is 747. The highest BCUT2D eigenvalue weighted by Gasteiger charge is 2.27. The van der Waals surface area contributed by atoms with Crippen molar-refractivity contribution in [1.82, 2.24) is 14.7 Å². The summed E-state index contributed by atoms with van der Waals surface area (Å²) in [6.45, 7) is 3.08. The van der Waals surface area contributed by atoms with Crippen LogP contribution in [-0.2, 0) is 0 Å². The molecule has 1 aliphatic heterocycles. The van der Waals surface area contributed by atoms with Crippen molar-refractivity contribution in [3.05, 3.63) is 38.3 Å². The van der Waals surface area contributed by atoms with Crippen molar-refractivity contribution in [2.75, 3.05) is 13.1 Å². The third-order valence-corrected chi connectivity index (χ3v) is 5.83. The van der Waals surface area contributed by atoms with Crippen LogP contribution in [0.5, 0.6) is 0 Å². The van der Waals surface area contributed by atoms with E-state index in [-0.39, 0.29) is 17.5 Å². The normalized spacial score (nSPS) is 15.8. The Balaban J connectivity index is 1.67. The number of carbonyl (C=O) groups is 2. The van der Waals surface area contributed by atoms with Gasteiger partial charge in [-0.1, -0.05) is 0 Å². The van der Waals surface area contributed by atoms with Gasteiger partial charge in [0, 0.05) is 22.9 Å². The van der Waals surface area contributed by atoms with Crippen LogP contribution in [0.3, 0.4) is 0 Å². The molecule has 8 heteroatoms. The van der Waals surface area contributed by atoms with Gasteiger partial charge in [-0.3, -0.25) is 9.48 Å². The van der Waals surface area contributed by atoms with Gasteiger partial charge in [0.05, 0.1) is 22.8 Å². The largest absolute Gasteiger partial charge is 0.478 e. The molecule has 0 bridgehead atoms. The summed E-state index contributed by atoms with van der Waals surface area (Å²) in [5.74, 6) is -0.896. The summed E-state index contributed by atoms with van der Waals surface area (Å²) >= 11 is 4.80. The monoisotopic (exact) mass is 397 g/mol. The van der Waals surface area contributed by atoms with Gasteiger partial charge in [-0.25, -0.2) is 4.79 Å². The molecule has 23 heavy (non-hydrogen) atoms. The molecule has 0 aliphatic carbocycles. The van der Waals surface area contributed by atoms with Gasteiger partial charge in [0.15, 0.2) is 0 Å². The Morgan fingerprint density at radius 1 is 1.39 bits per heavy atom. The van der Waals surface area contributed by atoms with Gasteiger partial charge in [0.25, 0.3) is 5.91 Å². The summed E-state index contributed by atoms with van der Waals surface area (Å²) in [7, 11) is 0. The molecule has 1 saturated heterocycles. The molecule has 122 valence electrons. The minimum absolute atomic E-state index is 0.0579. The number of hydrogen-bond donors (Lipinski definition) is 1. The van der Waals surface area contributed by atoms with Crippen molar-refractivity contribution in [1.29, 1.82) is 0 Å². The number of nitrogens with zero attached hydrogens (tertiary/aromatic N) is 3. The molecule has 1 amide bonds. The number of piperidine rings is 1. The molecule has 6 nitrogen and oxygen atoms in total. The van der Waals surface area contributed by atoms with Gasteiger partial charge in [0.2, 0.25) is 0 Å². The van der Waals surface area contributed by atoms with Crippen LogP contribution in [0.15, 0.2) is 22.1 Å². The topological polar surface area (TPSA) is 75.4 Å². The maximum absolute atomic E-state index is 12.4. The van der Waals surface area contributed by atoms with E-state index in [2.05, 4.69) is 21.0 Å². The lowest BCUT2D eigenvalue weighted by Crippen LogP contribution is -2.39. The molecule has 0 radical (unpaired) electrons. The minimum atomic E-state index is -0.954. The van der Waals surface area contributed by atoms with Gasteiger partial charge in [-0.2, -0.15) is 5.10 Å². The molecule has 1 fully saturated rings. The maximum Gasteiger partial charge on any atom is 0.339 e. The Kier molecular flexibility index (Phi) is 4.54. The SMILES string of the molecule is Cc1c(C(=O)O)cnn1C1CCN(C(=O)c2cc(Br)cs2)CC1. The lowest BCUT2D eigenvalue weighted by Gasteiger charge is -2.32. The molecule has 1 aliphatic rings. The number of carboxylic acids is 1. The third-order valence-electron chi connectivity index (χ3n) is 4.15. The number of hydrogen-bond acceptors (Lipinski definition) is 4. The van der Waals surface area contributed by atoms with Crippen LogP contribution in [-0.4, -0.2) is 44.8 Å². The predicted octanol–water partition coefficient (Wildman–Crippen LogP) is 3.19. The second-order valence-electron chi connectivity index (χ2n) is 5.55. The molecule has 3 rings (SSSR count). The Hall–Kier alpha value is -1.67. The standard InChI is InChI=1S/C15H16BrN3O3S/c1-9-12(15(21)22)7-17-19(9)11-2-4-18(5-3-11)14(20)13-6-10(16)8-23-13/h6-8,11H,2-5H2,1H3,(H,21,22). The summed E-state index contributed by atoms with van der Waals surface area (Å²) in [6.07, 6.45) is 2.96. The molecule has 0 spiro atoms. The molecule has 1 N–H and O–H groups in total. The van der Waals surface area contributed by atoms with Crippen molar-refractivity contribution in [3.63, 3.8) is 0 Å². The smallest absolute Gasteiger partial charge is 0.339 e. The number of amides is 1. The molecule has 0 saturated carbocycles. The number of aromatic nitrogens is 2. The fourth-order valence-corrected chi connectivity index (χ4v) is 4.29. The zero-order chi connectivity index (χ0) is 16.6. The van der Waals surface area contributed by atoms with E-state index in [9.17, 15) is 9.59 Å². The molecule has 0 aromatic carbocycles. The Morgan fingerprint density at radius 2 is 2.09 bits per heavy atom. The van der Waals surface area contributed by atoms with Gasteiger partial charge in [-0.05, 0) is 41.8 Å². The average Bonchev–Trinajstić information content (AvgIpc) is 3.13. The first-order valence-corrected chi connectivity index (χ1v) is 8.95. The Labute approximate surface area is 145 Å². The van der Waals surface area contributed by atoms with Crippen molar-refractivity contribution in [3.8, 4) is 0 Å². The third kappa shape index (κ3) is 3.18. The molecule has 2 aromatic heterocycles. The highest BCUT2D eigenvalue weighted by molar-refractivity contribution is 9.10. The quantitative estimate of drug-likeness (QED) is 0.862. The van der Waals surface area contributed by atoms with Crippen molar-refractivity contribution in [2.45, 2.75) is 25.8 Å². The zero-order valence-corrected chi connectivity index (χ0v) is 14.9. The van der Waals surface area contributed by atoms with Crippen LogP contribution in [0.1, 0.15) is 44.6 Å². The van der Waals surface area contributed by atoms with E-state index in [4.69, 9.17) is 5.11 Å². The van der Waals surface area contributed by atoms with Crippen molar-refractivity contribution in [2.24, 2.45) is 0 Å². The maximum atomic E-state index is 12.4. The summed E-state index contributed by atoms with van der Waals surface area (Å²) in [5.41, 5.74) is 0.913. The second-order valence-corrected chi connectivity index (χ2v) is 7.37. The van der Waals surface area contributed by atoms with E-state index in [1.807, 2.05) is 16.3 Å². The van der Waals surface area contributed by atoms with Crippen LogP contribution in [0.25, 0.3) is 0 Å². The lowest BCUT2D eigenvalue weighted by atomic mass is 10.0. The van der Waals surface area contributed by atoms with Gasteiger partial charge < -0.3 is 10.0 Å². The minimum Gasteiger partial charge on any atom is -0.478 e. The van der Waals surface area contributed by atoms with Gasteiger partial charge in [-0.15, -0.1) is 11.3 Å².